The van der Waals surface area contributed by atoms with Gasteiger partial charge in [0.1, 0.15) is 18.8 Å². The molecule has 15 heavy (non-hydrogen) atoms. The van der Waals surface area contributed by atoms with Crippen LogP contribution in [0.25, 0.3) is 0 Å². The van der Waals surface area contributed by atoms with Gasteiger partial charge in [-0.3, -0.25) is 0 Å². The molecule has 0 fully saturated rings. The molecule has 0 aliphatic heterocycles. The highest BCUT2D eigenvalue weighted by Gasteiger charge is 2.22. The maximum absolute atomic E-state index is 13.2. The summed E-state index contributed by atoms with van der Waals surface area (Å²) in [5.74, 6) is -2.90. The third-order valence-corrected chi connectivity index (χ3v) is 2.52. The SMILES string of the molecule is N#Cc1c(F)c(F)c(C#N)c(CF)c1P. The van der Waals surface area contributed by atoms with E-state index in [2.05, 4.69) is 0 Å². The van der Waals surface area contributed by atoms with Gasteiger partial charge in [0.05, 0.1) is 11.1 Å². The number of hydrogen-bond acceptors (Lipinski definition) is 2. The van der Waals surface area contributed by atoms with Gasteiger partial charge in [0.15, 0.2) is 11.6 Å². The minimum absolute atomic E-state index is 0.115. The number of nitriles is 2. The van der Waals surface area contributed by atoms with Crippen LogP contribution in [0.5, 0.6) is 0 Å². The van der Waals surface area contributed by atoms with E-state index in [0.717, 1.165) is 0 Å². The molecule has 0 spiro atoms. The molecule has 0 aromatic heterocycles. The number of benzene rings is 1. The van der Waals surface area contributed by atoms with Gasteiger partial charge in [-0.15, -0.1) is 9.24 Å². The fourth-order valence-corrected chi connectivity index (χ4v) is 1.53. The Morgan fingerprint density at radius 3 is 1.93 bits per heavy atom. The first-order valence-corrected chi connectivity index (χ1v) is 4.31. The van der Waals surface area contributed by atoms with E-state index >= 15 is 0 Å². The summed E-state index contributed by atoms with van der Waals surface area (Å²) in [6.07, 6.45) is 0. The van der Waals surface area contributed by atoms with Crippen LogP contribution in [0.4, 0.5) is 13.2 Å². The molecule has 0 radical (unpaired) electrons. The maximum Gasteiger partial charge on any atom is 0.178 e. The molecule has 1 aromatic carbocycles. The Morgan fingerprint density at radius 2 is 1.53 bits per heavy atom. The van der Waals surface area contributed by atoms with E-state index < -0.39 is 29.4 Å². The van der Waals surface area contributed by atoms with Crippen molar-refractivity contribution < 1.29 is 13.2 Å². The van der Waals surface area contributed by atoms with Gasteiger partial charge >= 0.3 is 0 Å². The third-order valence-electron chi connectivity index (χ3n) is 1.89. The first kappa shape index (κ1) is 11.5. The van der Waals surface area contributed by atoms with Gasteiger partial charge < -0.3 is 0 Å². The van der Waals surface area contributed by atoms with E-state index in [4.69, 9.17) is 10.5 Å². The van der Waals surface area contributed by atoms with E-state index in [-0.39, 0.29) is 10.9 Å². The quantitative estimate of drug-likeness (QED) is 0.686. The zero-order valence-electron chi connectivity index (χ0n) is 7.31. The molecule has 1 aromatic rings. The second-order valence-electron chi connectivity index (χ2n) is 2.63. The Labute approximate surface area is 86.1 Å². The van der Waals surface area contributed by atoms with Gasteiger partial charge in [-0.05, 0) is 5.30 Å². The predicted octanol–water partition coefficient (Wildman–Crippen LogP) is 1.68. The molecule has 2 nitrogen and oxygen atoms in total. The van der Waals surface area contributed by atoms with E-state index in [1.807, 2.05) is 9.24 Å². The lowest BCUT2D eigenvalue weighted by Gasteiger charge is -2.08. The van der Waals surface area contributed by atoms with Crippen LogP contribution < -0.4 is 5.30 Å². The van der Waals surface area contributed by atoms with Gasteiger partial charge in [-0.1, -0.05) is 0 Å². The summed E-state index contributed by atoms with van der Waals surface area (Å²) in [7, 11) is 1.93. The Morgan fingerprint density at radius 1 is 1.07 bits per heavy atom. The molecule has 0 amide bonds. The fraction of sp³-hybridized carbons (Fsp3) is 0.111. The summed E-state index contributed by atoms with van der Waals surface area (Å²) in [5, 5.41) is 16.9. The standard InChI is InChI=1S/C9H4F3N2P/c10-1-4-5(2-13)7(11)8(12)6(3-14)9(4)15/h1,15H2. The van der Waals surface area contributed by atoms with Crippen LogP contribution in [0.3, 0.4) is 0 Å². The van der Waals surface area contributed by atoms with Crippen molar-refractivity contribution in [1.29, 1.82) is 10.5 Å². The second-order valence-corrected chi connectivity index (χ2v) is 3.20. The topological polar surface area (TPSA) is 47.6 Å². The van der Waals surface area contributed by atoms with Crippen LogP contribution in [0.2, 0.25) is 0 Å². The van der Waals surface area contributed by atoms with Crippen LogP contribution in [0.15, 0.2) is 0 Å². The lowest BCUT2D eigenvalue weighted by Crippen LogP contribution is -2.14. The first-order valence-electron chi connectivity index (χ1n) is 3.73. The Kier molecular flexibility index (Phi) is 3.29. The minimum Gasteiger partial charge on any atom is -0.246 e. The van der Waals surface area contributed by atoms with Crippen molar-refractivity contribution in [3.05, 3.63) is 28.3 Å². The number of rotatable bonds is 1. The summed E-state index contributed by atoms with van der Waals surface area (Å²) < 4.78 is 38.8. The summed E-state index contributed by atoms with van der Waals surface area (Å²) >= 11 is 0. The highest BCUT2D eigenvalue weighted by atomic mass is 31.0. The zero-order chi connectivity index (χ0) is 11.6. The normalized spacial score (nSPS) is 9.47. The van der Waals surface area contributed by atoms with Crippen molar-refractivity contribution in [1.82, 2.24) is 0 Å². The van der Waals surface area contributed by atoms with E-state index in [1.165, 1.54) is 12.1 Å². The van der Waals surface area contributed by atoms with Crippen molar-refractivity contribution >= 4 is 14.5 Å². The number of alkyl halides is 1. The van der Waals surface area contributed by atoms with Crippen molar-refractivity contribution in [2.45, 2.75) is 6.67 Å². The third kappa shape index (κ3) is 1.67. The van der Waals surface area contributed by atoms with Gasteiger partial charge in [0.2, 0.25) is 0 Å². The number of nitrogens with zero attached hydrogens (tertiary/aromatic N) is 2. The molecule has 0 saturated carbocycles. The minimum atomic E-state index is -1.48. The zero-order valence-corrected chi connectivity index (χ0v) is 8.47. The van der Waals surface area contributed by atoms with Gasteiger partial charge in [-0.2, -0.15) is 10.5 Å². The molecule has 0 aliphatic rings. The average Bonchev–Trinajstić information content (AvgIpc) is 2.23. The molecule has 0 aliphatic carbocycles. The molecule has 1 unspecified atom stereocenters. The molecular weight excluding hydrogens is 224 g/mol. The summed E-state index contributed by atoms with van der Waals surface area (Å²) in [5.41, 5.74) is -1.60. The van der Waals surface area contributed by atoms with Crippen molar-refractivity contribution in [3.8, 4) is 12.1 Å². The van der Waals surface area contributed by atoms with Crippen LogP contribution in [0.1, 0.15) is 16.7 Å². The van der Waals surface area contributed by atoms with Crippen molar-refractivity contribution in [2.75, 3.05) is 0 Å². The number of halogens is 3. The van der Waals surface area contributed by atoms with E-state index in [0.29, 0.717) is 0 Å². The van der Waals surface area contributed by atoms with E-state index in [9.17, 15) is 13.2 Å². The van der Waals surface area contributed by atoms with Gasteiger partial charge in [0, 0.05) is 5.56 Å². The number of hydrogen-bond donors (Lipinski definition) is 0. The fourth-order valence-electron chi connectivity index (χ4n) is 1.12. The van der Waals surface area contributed by atoms with Crippen molar-refractivity contribution in [3.63, 3.8) is 0 Å². The Bertz CT molecular complexity index is 500. The molecule has 0 bridgehead atoms. The lowest BCUT2D eigenvalue weighted by molar-refractivity contribution is 0.472. The van der Waals surface area contributed by atoms with Gasteiger partial charge in [0.25, 0.3) is 0 Å². The molecule has 76 valence electrons. The van der Waals surface area contributed by atoms with Crippen molar-refractivity contribution in [2.24, 2.45) is 0 Å². The molecular formula is C9H4F3N2P. The van der Waals surface area contributed by atoms with Crippen LogP contribution >= 0.6 is 9.24 Å². The van der Waals surface area contributed by atoms with Crippen LogP contribution in [-0.4, -0.2) is 0 Å². The molecule has 0 heterocycles. The molecule has 1 rings (SSSR count). The smallest absolute Gasteiger partial charge is 0.178 e. The van der Waals surface area contributed by atoms with E-state index in [1.54, 1.807) is 0 Å². The maximum atomic E-state index is 13.2. The second kappa shape index (κ2) is 4.29. The molecule has 0 N–H and O–H groups in total. The summed E-state index contributed by atoms with van der Waals surface area (Å²) in [6, 6.07) is 2.79. The summed E-state index contributed by atoms with van der Waals surface area (Å²) in [6.45, 7) is -1.13. The molecule has 1 atom stereocenters. The molecule has 6 heteroatoms. The Balaban J connectivity index is 3.77. The highest BCUT2D eigenvalue weighted by Crippen LogP contribution is 2.21. The Hall–Kier alpha value is -1.58. The highest BCUT2D eigenvalue weighted by molar-refractivity contribution is 7.27. The molecule has 0 saturated heterocycles. The van der Waals surface area contributed by atoms with Crippen LogP contribution in [0, 0.1) is 34.3 Å². The van der Waals surface area contributed by atoms with Gasteiger partial charge in [-0.25, -0.2) is 13.2 Å². The largest absolute Gasteiger partial charge is 0.246 e. The lowest BCUT2D eigenvalue weighted by atomic mass is 10.0. The first-order chi connectivity index (χ1) is 7.08. The average molecular weight is 228 g/mol. The monoisotopic (exact) mass is 228 g/mol. The van der Waals surface area contributed by atoms with Crippen LogP contribution in [-0.2, 0) is 6.67 Å². The summed E-state index contributed by atoms with van der Waals surface area (Å²) in [4.78, 5) is 0. The predicted molar refractivity (Wildman–Crippen MR) is 49.9 cm³/mol.